The standard InChI is InChI=1S/C23H26N4O5/c1-26(22(30)18(24)14-16-8-4-2-5-9-16)19(15-17-10-6-3-7-11-17)25-23(31)32-27-20(28)12-13-21(27)29/h2-11,18-19H,12-15,24H2,1H3,(H,25,31)/t18-,19-/m0/s1. The van der Waals surface area contributed by atoms with E-state index in [1.807, 2.05) is 60.7 Å². The smallest absolute Gasteiger partial charge is 0.324 e. The van der Waals surface area contributed by atoms with E-state index in [4.69, 9.17) is 10.6 Å². The van der Waals surface area contributed by atoms with Crippen molar-refractivity contribution in [3.63, 3.8) is 0 Å². The highest BCUT2D eigenvalue weighted by atomic mass is 16.7. The fourth-order valence-electron chi connectivity index (χ4n) is 3.40. The van der Waals surface area contributed by atoms with Crippen molar-refractivity contribution in [2.45, 2.75) is 37.9 Å². The van der Waals surface area contributed by atoms with E-state index in [0.29, 0.717) is 11.5 Å². The summed E-state index contributed by atoms with van der Waals surface area (Å²) < 4.78 is 0. The Balaban J connectivity index is 1.70. The lowest BCUT2D eigenvalue weighted by Gasteiger charge is -2.31. The molecule has 0 aliphatic carbocycles. The van der Waals surface area contributed by atoms with Crippen molar-refractivity contribution >= 4 is 23.8 Å². The van der Waals surface area contributed by atoms with E-state index >= 15 is 0 Å². The first-order chi connectivity index (χ1) is 15.3. The van der Waals surface area contributed by atoms with E-state index < -0.39 is 30.1 Å². The van der Waals surface area contributed by atoms with E-state index in [1.54, 1.807) is 0 Å². The lowest BCUT2D eigenvalue weighted by Crippen LogP contribution is -2.55. The second-order valence-corrected chi connectivity index (χ2v) is 7.56. The number of hydrogen-bond acceptors (Lipinski definition) is 6. The van der Waals surface area contributed by atoms with Gasteiger partial charge in [0.15, 0.2) is 0 Å². The van der Waals surface area contributed by atoms with Gasteiger partial charge in [-0.2, -0.15) is 0 Å². The zero-order valence-electron chi connectivity index (χ0n) is 17.8. The Labute approximate surface area is 186 Å². The van der Waals surface area contributed by atoms with E-state index in [2.05, 4.69) is 5.32 Å². The summed E-state index contributed by atoms with van der Waals surface area (Å²) in [6, 6.07) is 17.8. The third-order valence-electron chi connectivity index (χ3n) is 5.17. The number of hydroxylamine groups is 2. The monoisotopic (exact) mass is 438 g/mol. The molecule has 0 radical (unpaired) electrons. The van der Waals surface area contributed by atoms with Crippen LogP contribution in [0.25, 0.3) is 0 Å². The average Bonchev–Trinajstić information content (AvgIpc) is 3.11. The van der Waals surface area contributed by atoms with Crippen LogP contribution in [0.5, 0.6) is 0 Å². The summed E-state index contributed by atoms with van der Waals surface area (Å²) in [4.78, 5) is 55.1. The summed E-state index contributed by atoms with van der Waals surface area (Å²) in [5, 5.41) is 3.03. The summed E-state index contributed by atoms with van der Waals surface area (Å²) in [7, 11) is 1.53. The van der Waals surface area contributed by atoms with E-state index in [0.717, 1.165) is 11.1 Å². The number of carbonyl (C=O) groups is 4. The molecule has 2 aromatic rings. The first kappa shape index (κ1) is 23.0. The molecule has 1 saturated heterocycles. The molecule has 2 atom stereocenters. The molecule has 1 aliphatic heterocycles. The van der Waals surface area contributed by atoms with Crippen LogP contribution in [-0.4, -0.2) is 53.0 Å². The molecule has 9 heteroatoms. The van der Waals surface area contributed by atoms with Crippen LogP contribution in [0.2, 0.25) is 0 Å². The van der Waals surface area contributed by atoms with Gasteiger partial charge in [-0.25, -0.2) is 4.79 Å². The Hall–Kier alpha value is -3.72. The predicted octanol–water partition coefficient (Wildman–Crippen LogP) is 1.37. The number of rotatable bonds is 8. The molecule has 3 rings (SSSR count). The SMILES string of the molecule is CN(C(=O)[C@@H](N)Cc1ccccc1)[C@@H](Cc1ccccc1)NC(=O)ON1C(=O)CCC1=O. The molecule has 0 aromatic heterocycles. The molecule has 9 nitrogen and oxygen atoms in total. The van der Waals surface area contributed by atoms with Gasteiger partial charge in [-0.3, -0.25) is 19.7 Å². The molecule has 1 fully saturated rings. The zero-order valence-corrected chi connectivity index (χ0v) is 17.8. The van der Waals surface area contributed by atoms with Gasteiger partial charge in [-0.05, 0) is 17.5 Å². The molecule has 1 heterocycles. The molecule has 2 aromatic carbocycles. The van der Waals surface area contributed by atoms with Crippen LogP contribution < -0.4 is 11.1 Å². The minimum atomic E-state index is -1.01. The molecule has 3 N–H and O–H groups in total. The number of hydrogen-bond donors (Lipinski definition) is 2. The summed E-state index contributed by atoms with van der Waals surface area (Å²) in [6.45, 7) is 0. The van der Waals surface area contributed by atoms with Crippen molar-refractivity contribution in [1.82, 2.24) is 15.3 Å². The van der Waals surface area contributed by atoms with Crippen LogP contribution in [0.4, 0.5) is 4.79 Å². The number of benzene rings is 2. The maximum absolute atomic E-state index is 13.0. The number of carbonyl (C=O) groups excluding carboxylic acids is 4. The molecule has 0 unspecified atom stereocenters. The zero-order chi connectivity index (χ0) is 23.1. The molecule has 0 bridgehead atoms. The van der Waals surface area contributed by atoms with Gasteiger partial charge in [0.2, 0.25) is 5.91 Å². The Morgan fingerprint density at radius 1 is 0.969 bits per heavy atom. The second kappa shape index (κ2) is 10.5. The topological polar surface area (TPSA) is 122 Å². The lowest BCUT2D eigenvalue weighted by atomic mass is 10.0. The molecule has 0 saturated carbocycles. The maximum Gasteiger partial charge on any atom is 0.433 e. The summed E-state index contributed by atoms with van der Waals surface area (Å²) in [6.07, 6.45) is -1.22. The van der Waals surface area contributed by atoms with Crippen LogP contribution >= 0.6 is 0 Å². The minimum absolute atomic E-state index is 0.00765. The molecular formula is C23H26N4O5. The lowest BCUT2D eigenvalue weighted by molar-refractivity contribution is -0.172. The maximum atomic E-state index is 13.0. The van der Waals surface area contributed by atoms with E-state index in [-0.39, 0.29) is 25.2 Å². The fourth-order valence-corrected chi connectivity index (χ4v) is 3.40. The Bertz CT molecular complexity index is 951. The Kier molecular flexibility index (Phi) is 7.56. The normalized spacial score (nSPS) is 15.2. The first-order valence-corrected chi connectivity index (χ1v) is 10.3. The molecule has 1 aliphatic rings. The predicted molar refractivity (Wildman–Crippen MR) is 116 cm³/mol. The van der Waals surface area contributed by atoms with Gasteiger partial charge in [0.1, 0.15) is 6.17 Å². The van der Waals surface area contributed by atoms with Crippen LogP contribution in [0.15, 0.2) is 60.7 Å². The number of amides is 4. The number of nitrogens with one attached hydrogen (secondary N) is 1. The highest BCUT2D eigenvalue weighted by molar-refractivity contribution is 6.01. The quantitative estimate of drug-likeness (QED) is 0.474. The molecule has 4 amide bonds. The third-order valence-corrected chi connectivity index (χ3v) is 5.17. The van der Waals surface area contributed by atoms with Gasteiger partial charge in [0.05, 0.1) is 6.04 Å². The van der Waals surface area contributed by atoms with Gasteiger partial charge in [0.25, 0.3) is 11.8 Å². The molecule has 32 heavy (non-hydrogen) atoms. The van der Waals surface area contributed by atoms with Crippen molar-refractivity contribution in [3.8, 4) is 0 Å². The number of imide groups is 1. The fraction of sp³-hybridized carbons (Fsp3) is 0.304. The van der Waals surface area contributed by atoms with Crippen molar-refractivity contribution in [1.29, 1.82) is 0 Å². The van der Waals surface area contributed by atoms with Crippen molar-refractivity contribution in [3.05, 3.63) is 71.8 Å². The van der Waals surface area contributed by atoms with E-state index in [1.165, 1.54) is 11.9 Å². The van der Waals surface area contributed by atoms with Gasteiger partial charge < -0.3 is 15.5 Å². The summed E-state index contributed by atoms with van der Waals surface area (Å²) in [5.74, 6) is -1.54. The van der Waals surface area contributed by atoms with Crippen LogP contribution in [0.1, 0.15) is 24.0 Å². The summed E-state index contributed by atoms with van der Waals surface area (Å²) >= 11 is 0. The van der Waals surface area contributed by atoms with Gasteiger partial charge in [0, 0.05) is 26.3 Å². The van der Waals surface area contributed by atoms with Gasteiger partial charge >= 0.3 is 6.09 Å². The largest absolute Gasteiger partial charge is 0.433 e. The first-order valence-electron chi connectivity index (χ1n) is 10.3. The van der Waals surface area contributed by atoms with Gasteiger partial charge in [-0.1, -0.05) is 60.7 Å². The van der Waals surface area contributed by atoms with Crippen LogP contribution in [0.3, 0.4) is 0 Å². The molecule has 0 spiro atoms. The highest BCUT2D eigenvalue weighted by Crippen LogP contribution is 2.13. The number of nitrogens with zero attached hydrogens (tertiary/aromatic N) is 2. The second-order valence-electron chi connectivity index (χ2n) is 7.56. The van der Waals surface area contributed by atoms with E-state index in [9.17, 15) is 19.2 Å². The Morgan fingerprint density at radius 3 is 2.00 bits per heavy atom. The van der Waals surface area contributed by atoms with Crippen molar-refractivity contribution in [2.24, 2.45) is 5.73 Å². The average molecular weight is 438 g/mol. The highest BCUT2D eigenvalue weighted by Gasteiger charge is 2.34. The Morgan fingerprint density at radius 2 is 1.47 bits per heavy atom. The number of nitrogens with two attached hydrogens (primary N) is 1. The molecule has 168 valence electrons. The van der Waals surface area contributed by atoms with Crippen molar-refractivity contribution in [2.75, 3.05) is 7.05 Å². The van der Waals surface area contributed by atoms with Crippen molar-refractivity contribution < 1.29 is 24.0 Å². The molecular weight excluding hydrogens is 412 g/mol. The number of likely N-dealkylation sites (N-methyl/N-ethyl adjacent to an activating group) is 1. The third kappa shape index (κ3) is 5.92. The summed E-state index contributed by atoms with van der Waals surface area (Å²) in [5.41, 5.74) is 7.93. The minimum Gasteiger partial charge on any atom is -0.324 e. The van der Waals surface area contributed by atoms with Crippen LogP contribution in [-0.2, 0) is 32.1 Å². The van der Waals surface area contributed by atoms with Crippen LogP contribution in [0, 0.1) is 0 Å². The van der Waals surface area contributed by atoms with Gasteiger partial charge in [-0.15, -0.1) is 5.06 Å².